The van der Waals surface area contributed by atoms with Crippen molar-refractivity contribution in [1.29, 1.82) is 0 Å². The Bertz CT molecular complexity index is 526. The molecular weight excluding hydrogens is 244 g/mol. The van der Waals surface area contributed by atoms with Crippen LogP contribution in [0.2, 0.25) is 0 Å². The number of carboxylic acid groups (broad SMARTS) is 1. The summed E-state index contributed by atoms with van der Waals surface area (Å²) < 4.78 is 26.1. The van der Waals surface area contributed by atoms with Gasteiger partial charge in [-0.05, 0) is 25.0 Å². The Morgan fingerprint density at radius 1 is 1.22 bits per heavy atom. The number of benzene rings is 1. The molecule has 1 saturated carbocycles. The summed E-state index contributed by atoms with van der Waals surface area (Å²) in [5.74, 6) is -4.57. The molecule has 1 aromatic carbocycles. The van der Waals surface area contributed by atoms with Crippen LogP contribution in [0.5, 0.6) is 0 Å². The molecule has 1 aliphatic carbocycles. The third-order valence-corrected chi connectivity index (χ3v) is 2.94. The van der Waals surface area contributed by atoms with Gasteiger partial charge in [-0.15, -0.1) is 0 Å². The van der Waals surface area contributed by atoms with Crippen LogP contribution in [0.15, 0.2) is 12.1 Å². The van der Waals surface area contributed by atoms with Crippen LogP contribution in [0.4, 0.5) is 8.78 Å². The summed E-state index contributed by atoms with van der Waals surface area (Å²) >= 11 is 0. The van der Waals surface area contributed by atoms with Crippen LogP contribution < -0.4 is 0 Å². The molecule has 1 N–H and O–H groups in total. The highest BCUT2D eigenvalue weighted by Crippen LogP contribution is 2.27. The molecule has 1 amide bonds. The Balaban J connectivity index is 2.44. The van der Waals surface area contributed by atoms with Crippen molar-refractivity contribution in [2.75, 3.05) is 7.05 Å². The number of carbonyl (C=O) groups is 2. The van der Waals surface area contributed by atoms with Gasteiger partial charge in [-0.25, -0.2) is 13.6 Å². The topological polar surface area (TPSA) is 57.6 Å². The minimum Gasteiger partial charge on any atom is -0.478 e. The Kier molecular flexibility index (Phi) is 3.02. The summed E-state index contributed by atoms with van der Waals surface area (Å²) in [5, 5.41) is 8.91. The fourth-order valence-electron chi connectivity index (χ4n) is 1.72. The van der Waals surface area contributed by atoms with Crippen molar-refractivity contribution in [2.45, 2.75) is 18.9 Å². The van der Waals surface area contributed by atoms with E-state index in [1.807, 2.05) is 0 Å². The average Bonchev–Trinajstić information content (AvgIpc) is 3.14. The highest BCUT2D eigenvalue weighted by molar-refractivity contribution is 6.04. The van der Waals surface area contributed by atoms with Crippen molar-refractivity contribution in [3.8, 4) is 0 Å². The number of aromatic carboxylic acids is 1. The van der Waals surface area contributed by atoms with E-state index in [2.05, 4.69) is 0 Å². The zero-order valence-electron chi connectivity index (χ0n) is 9.61. The first-order valence-electron chi connectivity index (χ1n) is 5.41. The van der Waals surface area contributed by atoms with Gasteiger partial charge in [0.05, 0.1) is 11.1 Å². The molecule has 1 fully saturated rings. The van der Waals surface area contributed by atoms with Crippen molar-refractivity contribution in [1.82, 2.24) is 4.90 Å². The van der Waals surface area contributed by atoms with Crippen LogP contribution in [-0.2, 0) is 0 Å². The van der Waals surface area contributed by atoms with Gasteiger partial charge in [0, 0.05) is 13.1 Å². The van der Waals surface area contributed by atoms with Crippen LogP contribution in [0, 0.1) is 11.6 Å². The van der Waals surface area contributed by atoms with E-state index in [4.69, 9.17) is 5.11 Å². The second-order valence-electron chi connectivity index (χ2n) is 4.26. The van der Waals surface area contributed by atoms with Gasteiger partial charge in [0.15, 0.2) is 11.6 Å². The fraction of sp³-hybridized carbons (Fsp3) is 0.333. The van der Waals surface area contributed by atoms with E-state index in [9.17, 15) is 18.4 Å². The van der Waals surface area contributed by atoms with Crippen molar-refractivity contribution in [3.05, 3.63) is 34.9 Å². The minimum atomic E-state index is -1.46. The lowest BCUT2D eigenvalue weighted by Gasteiger charge is -2.17. The molecule has 0 radical (unpaired) electrons. The lowest BCUT2D eigenvalue weighted by molar-refractivity contribution is 0.0679. The molecule has 4 nitrogen and oxygen atoms in total. The largest absolute Gasteiger partial charge is 0.478 e. The summed E-state index contributed by atoms with van der Waals surface area (Å²) in [6, 6.07) is 1.23. The zero-order chi connectivity index (χ0) is 13.4. The predicted octanol–water partition coefficient (Wildman–Crippen LogP) is 1.90. The van der Waals surface area contributed by atoms with E-state index in [0.29, 0.717) is 12.1 Å². The second kappa shape index (κ2) is 4.36. The molecule has 0 atom stereocenters. The van der Waals surface area contributed by atoms with Gasteiger partial charge in [0.2, 0.25) is 0 Å². The first-order valence-corrected chi connectivity index (χ1v) is 5.41. The molecule has 0 aromatic heterocycles. The maximum atomic E-state index is 13.1. The summed E-state index contributed by atoms with van der Waals surface area (Å²) in [7, 11) is 1.52. The first-order chi connectivity index (χ1) is 8.41. The molecule has 1 aliphatic rings. The number of amides is 1. The summed E-state index contributed by atoms with van der Waals surface area (Å²) in [4.78, 5) is 24.3. The van der Waals surface area contributed by atoms with Crippen LogP contribution in [0.25, 0.3) is 0 Å². The normalized spacial score (nSPS) is 14.4. The van der Waals surface area contributed by atoms with Crippen molar-refractivity contribution >= 4 is 11.9 Å². The first kappa shape index (κ1) is 12.5. The summed E-state index contributed by atoms with van der Waals surface area (Å²) in [5.41, 5.74) is -0.845. The fourth-order valence-corrected chi connectivity index (χ4v) is 1.72. The van der Waals surface area contributed by atoms with Gasteiger partial charge < -0.3 is 10.0 Å². The molecule has 0 spiro atoms. The quantitative estimate of drug-likeness (QED) is 0.897. The molecule has 0 unspecified atom stereocenters. The van der Waals surface area contributed by atoms with E-state index in [1.165, 1.54) is 11.9 Å². The van der Waals surface area contributed by atoms with E-state index >= 15 is 0 Å². The molecule has 0 heterocycles. The Labute approximate surface area is 102 Å². The predicted molar refractivity (Wildman–Crippen MR) is 58.4 cm³/mol. The Hall–Kier alpha value is -1.98. The summed E-state index contributed by atoms with van der Waals surface area (Å²) in [6.45, 7) is 0. The van der Waals surface area contributed by atoms with E-state index < -0.39 is 29.1 Å². The standard InChI is InChI=1S/C12H11F2NO3/c1-15(6-2-3-6)11(16)7-4-9(13)10(14)5-8(7)12(17)18/h4-6H,2-3H2,1H3,(H,17,18). The molecule has 0 bridgehead atoms. The van der Waals surface area contributed by atoms with Crippen LogP contribution in [0.3, 0.4) is 0 Å². The maximum Gasteiger partial charge on any atom is 0.336 e. The molecule has 2 rings (SSSR count). The zero-order valence-corrected chi connectivity index (χ0v) is 9.61. The Morgan fingerprint density at radius 2 is 1.72 bits per heavy atom. The van der Waals surface area contributed by atoms with E-state index in [1.54, 1.807) is 0 Å². The van der Waals surface area contributed by atoms with E-state index in [0.717, 1.165) is 12.8 Å². The highest BCUT2D eigenvalue weighted by atomic mass is 19.2. The van der Waals surface area contributed by atoms with Crippen molar-refractivity contribution < 1.29 is 23.5 Å². The lowest BCUT2D eigenvalue weighted by atomic mass is 10.1. The average molecular weight is 255 g/mol. The minimum absolute atomic E-state index is 0.0623. The number of hydrogen-bond donors (Lipinski definition) is 1. The van der Waals surface area contributed by atoms with Gasteiger partial charge in [0.1, 0.15) is 0 Å². The number of carboxylic acids is 1. The molecule has 1 aromatic rings. The monoisotopic (exact) mass is 255 g/mol. The van der Waals surface area contributed by atoms with Gasteiger partial charge in [0.25, 0.3) is 5.91 Å². The third kappa shape index (κ3) is 2.18. The number of rotatable bonds is 3. The van der Waals surface area contributed by atoms with Gasteiger partial charge in [-0.1, -0.05) is 0 Å². The van der Waals surface area contributed by atoms with Crippen LogP contribution >= 0.6 is 0 Å². The third-order valence-electron chi connectivity index (χ3n) is 2.94. The maximum absolute atomic E-state index is 13.1. The number of halogens is 2. The highest BCUT2D eigenvalue weighted by Gasteiger charge is 2.32. The van der Waals surface area contributed by atoms with Gasteiger partial charge in [-0.3, -0.25) is 4.79 Å². The van der Waals surface area contributed by atoms with E-state index in [-0.39, 0.29) is 11.6 Å². The number of nitrogens with zero attached hydrogens (tertiary/aromatic N) is 1. The number of carbonyl (C=O) groups excluding carboxylic acids is 1. The lowest BCUT2D eigenvalue weighted by Crippen LogP contribution is -2.30. The van der Waals surface area contributed by atoms with Crippen LogP contribution in [-0.4, -0.2) is 35.0 Å². The molecule has 0 aliphatic heterocycles. The van der Waals surface area contributed by atoms with Crippen molar-refractivity contribution in [3.63, 3.8) is 0 Å². The second-order valence-corrected chi connectivity index (χ2v) is 4.26. The SMILES string of the molecule is CN(C(=O)c1cc(F)c(F)cc1C(=O)O)C1CC1. The van der Waals surface area contributed by atoms with Gasteiger partial charge in [-0.2, -0.15) is 0 Å². The van der Waals surface area contributed by atoms with Gasteiger partial charge >= 0.3 is 5.97 Å². The Morgan fingerprint density at radius 3 is 2.17 bits per heavy atom. The molecule has 0 saturated heterocycles. The smallest absolute Gasteiger partial charge is 0.336 e. The number of hydrogen-bond acceptors (Lipinski definition) is 2. The van der Waals surface area contributed by atoms with Crippen molar-refractivity contribution in [2.24, 2.45) is 0 Å². The van der Waals surface area contributed by atoms with Crippen LogP contribution in [0.1, 0.15) is 33.6 Å². The molecular formula is C12H11F2NO3. The molecule has 96 valence electrons. The molecule has 6 heteroatoms. The summed E-state index contributed by atoms with van der Waals surface area (Å²) in [6.07, 6.45) is 1.68. The molecule has 18 heavy (non-hydrogen) atoms.